The van der Waals surface area contributed by atoms with Crippen LogP contribution in [0.1, 0.15) is 11.1 Å². The molecule has 0 saturated heterocycles. The molecule has 0 saturated carbocycles. The van der Waals surface area contributed by atoms with Crippen molar-refractivity contribution in [2.75, 3.05) is 6.54 Å². The molecule has 96 valence electrons. The molecule has 0 aliphatic carbocycles. The normalized spacial score (nSPS) is 9.79. The average Bonchev–Trinajstić information content (AvgIpc) is 2.45. The molecule has 4 heteroatoms. The first-order chi connectivity index (χ1) is 9.28. The van der Waals surface area contributed by atoms with Crippen LogP contribution in [-0.2, 0) is 5.75 Å². The summed E-state index contributed by atoms with van der Waals surface area (Å²) in [6, 6.07) is 11.9. The lowest BCUT2D eigenvalue weighted by Gasteiger charge is -2.02. The quantitative estimate of drug-likeness (QED) is 0.695. The van der Waals surface area contributed by atoms with Crippen LogP contribution in [-0.4, -0.2) is 11.5 Å². The minimum atomic E-state index is 0.383. The molecule has 0 unspecified atom stereocenters. The Labute approximate surface area is 122 Å². The Morgan fingerprint density at radius 1 is 1.26 bits per heavy atom. The lowest BCUT2D eigenvalue weighted by atomic mass is 10.1. The van der Waals surface area contributed by atoms with Gasteiger partial charge in [-0.3, -0.25) is 0 Å². The summed E-state index contributed by atoms with van der Waals surface area (Å²) in [6.45, 7) is 0.383. The molecular weight excluding hydrogens is 276 g/mol. The second-order valence-electron chi connectivity index (χ2n) is 3.81. The van der Waals surface area contributed by atoms with E-state index in [2.05, 4.69) is 29.0 Å². The molecule has 1 heterocycles. The van der Waals surface area contributed by atoms with Crippen molar-refractivity contribution in [3.8, 4) is 11.8 Å². The Kier molecular flexibility index (Phi) is 5.29. The second kappa shape index (κ2) is 7.20. The maximum atomic E-state index is 5.80. The Hall–Kier alpha value is -1.47. The van der Waals surface area contributed by atoms with E-state index in [1.54, 1.807) is 18.0 Å². The number of hydrogen-bond acceptors (Lipinski definition) is 3. The molecule has 2 N–H and O–H groups in total. The first-order valence-corrected chi connectivity index (χ1v) is 7.16. The summed E-state index contributed by atoms with van der Waals surface area (Å²) in [5.74, 6) is 6.74. The molecule has 1 aromatic heterocycles. The van der Waals surface area contributed by atoms with Crippen LogP contribution in [0.3, 0.4) is 0 Å². The highest BCUT2D eigenvalue weighted by molar-refractivity contribution is 7.98. The molecule has 0 radical (unpaired) electrons. The Morgan fingerprint density at radius 3 is 2.89 bits per heavy atom. The van der Waals surface area contributed by atoms with Crippen molar-refractivity contribution in [3.05, 3.63) is 58.7 Å². The summed E-state index contributed by atoms with van der Waals surface area (Å²) in [7, 11) is 0. The maximum absolute atomic E-state index is 5.80. The highest BCUT2D eigenvalue weighted by Gasteiger charge is 1.98. The van der Waals surface area contributed by atoms with E-state index in [0.29, 0.717) is 11.6 Å². The second-order valence-corrected chi connectivity index (χ2v) is 5.24. The lowest BCUT2D eigenvalue weighted by molar-refractivity contribution is 1.13. The number of benzene rings is 1. The van der Waals surface area contributed by atoms with Gasteiger partial charge in [0.05, 0.1) is 16.6 Å². The minimum absolute atomic E-state index is 0.383. The van der Waals surface area contributed by atoms with E-state index in [1.807, 2.05) is 24.3 Å². The van der Waals surface area contributed by atoms with Crippen molar-refractivity contribution < 1.29 is 0 Å². The summed E-state index contributed by atoms with van der Waals surface area (Å²) in [6.07, 6.45) is 1.66. The van der Waals surface area contributed by atoms with Crippen molar-refractivity contribution in [3.63, 3.8) is 0 Å². The third-order valence-electron chi connectivity index (χ3n) is 2.35. The molecule has 2 aromatic rings. The third-order valence-corrected chi connectivity index (χ3v) is 3.59. The average molecular weight is 289 g/mol. The molecule has 0 fully saturated rings. The number of nitrogens with zero attached hydrogens (tertiary/aromatic N) is 1. The molecule has 0 bridgehead atoms. The fourth-order valence-corrected chi connectivity index (χ4v) is 2.39. The van der Waals surface area contributed by atoms with Gasteiger partial charge in [0.2, 0.25) is 0 Å². The van der Waals surface area contributed by atoms with Crippen LogP contribution in [0.5, 0.6) is 0 Å². The molecule has 0 aliphatic heterocycles. The zero-order valence-electron chi connectivity index (χ0n) is 10.3. The van der Waals surface area contributed by atoms with E-state index in [1.165, 1.54) is 5.56 Å². The van der Waals surface area contributed by atoms with Crippen LogP contribution in [0.2, 0.25) is 5.02 Å². The van der Waals surface area contributed by atoms with E-state index in [-0.39, 0.29) is 0 Å². The summed E-state index contributed by atoms with van der Waals surface area (Å²) in [4.78, 5) is 4.25. The van der Waals surface area contributed by atoms with Crippen molar-refractivity contribution in [1.82, 2.24) is 4.98 Å². The summed E-state index contributed by atoms with van der Waals surface area (Å²) in [5, 5.41) is 1.62. The topological polar surface area (TPSA) is 38.9 Å². The fraction of sp³-hybridized carbons (Fsp3) is 0.133. The molecule has 0 spiro atoms. The molecule has 1 aromatic carbocycles. The van der Waals surface area contributed by atoms with Gasteiger partial charge in [-0.1, -0.05) is 35.6 Å². The van der Waals surface area contributed by atoms with Gasteiger partial charge in [0.1, 0.15) is 0 Å². The zero-order chi connectivity index (χ0) is 13.5. The van der Waals surface area contributed by atoms with E-state index in [4.69, 9.17) is 17.3 Å². The van der Waals surface area contributed by atoms with Gasteiger partial charge in [-0.15, -0.1) is 11.8 Å². The molecule has 0 atom stereocenters. The molecule has 2 nitrogen and oxygen atoms in total. The Balaban J connectivity index is 2.01. The monoisotopic (exact) mass is 288 g/mol. The highest BCUT2D eigenvalue weighted by atomic mass is 35.5. The molecule has 2 rings (SSSR count). The van der Waals surface area contributed by atoms with Gasteiger partial charge < -0.3 is 5.73 Å². The van der Waals surface area contributed by atoms with Gasteiger partial charge in [-0.2, -0.15) is 0 Å². The number of halogens is 1. The van der Waals surface area contributed by atoms with Crippen LogP contribution in [0, 0.1) is 11.8 Å². The number of rotatable bonds is 3. The number of thioether (sulfide) groups is 1. The van der Waals surface area contributed by atoms with E-state index in [9.17, 15) is 0 Å². The fourth-order valence-electron chi connectivity index (χ4n) is 1.50. The van der Waals surface area contributed by atoms with Crippen LogP contribution < -0.4 is 5.73 Å². The summed E-state index contributed by atoms with van der Waals surface area (Å²) < 4.78 is 0. The molecular formula is C15H13ClN2S. The maximum Gasteiger partial charge on any atom is 0.0964 e. The molecule has 0 aliphatic rings. The minimum Gasteiger partial charge on any atom is -0.320 e. The van der Waals surface area contributed by atoms with E-state index in [0.717, 1.165) is 16.3 Å². The van der Waals surface area contributed by atoms with Crippen LogP contribution in [0.15, 0.2) is 47.6 Å². The SMILES string of the molecule is NCC#Cc1cccc(CSc2ccc(Cl)cn2)c1. The first-order valence-electron chi connectivity index (χ1n) is 5.80. The third kappa shape index (κ3) is 4.60. The summed E-state index contributed by atoms with van der Waals surface area (Å²) in [5.41, 5.74) is 7.57. The number of nitrogens with two attached hydrogens (primary N) is 1. The molecule has 19 heavy (non-hydrogen) atoms. The van der Waals surface area contributed by atoms with Gasteiger partial charge in [0, 0.05) is 17.5 Å². The van der Waals surface area contributed by atoms with Crippen molar-refractivity contribution in [2.45, 2.75) is 10.8 Å². The van der Waals surface area contributed by atoms with E-state index < -0.39 is 0 Å². The van der Waals surface area contributed by atoms with Crippen LogP contribution in [0.4, 0.5) is 0 Å². The van der Waals surface area contributed by atoms with Gasteiger partial charge in [0.25, 0.3) is 0 Å². The number of pyridine rings is 1. The van der Waals surface area contributed by atoms with Gasteiger partial charge in [-0.25, -0.2) is 4.98 Å². The number of aromatic nitrogens is 1. The Morgan fingerprint density at radius 2 is 2.16 bits per heavy atom. The van der Waals surface area contributed by atoms with Crippen LogP contribution >= 0.6 is 23.4 Å². The first kappa shape index (κ1) is 14.0. The van der Waals surface area contributed by atoms with Crippen LogP contribution in [0.25, 0.3) is 0 Å². The van der Waals surface area contributed by atoms with Crippen molar-refractivity contribution in [1.29, 1.82) is 0 Å². The number of hydrogen-bond donors (Lipinski definition) is 1. The predicted octanol–water partition coefficient (Wildman–Crippen LogP) is 3.34. The van der Waals surface area contributed by atoms with Crippen molar-refractivity contribution in [2.24, 2.45) is 5.73 Å². The predicted molar refractivity (Wildman–Crippen MR) is 81.2 cm³/mol. The highest BCUT2D eigenvalue weighted by Crippen LogP contribution is 2.22. The lowest BCUT2D eigenvalue weighted by Crippen LogP contribution is -1.93. The van der Waals surface area contributed by atoms with E-state index >= 15 is 0 Å². The van der Waals surface area contributed by atoms with Crippen molar-refractivity contribution >= 4 is 23.4 Å². The smallest absolute Gasteiger partial charge is 0.0964 e. The molecule has 0 amide bonds. The van der Waals surface area contributed by atoms with Gasteiger partial charge >= 0.3 is 0 Å². The summed E-state index contributed by atoms with van der Waals surface area (Å²) >= 11 is 7.47. The van der Waals surface area contributed by atoms with Gasteiger partial charge in [-0.05, 0) is 29.8 Å². The standard InChI is InChI=1S/C15H13ClN2S/c16-14-6-7-15(18-10-14)19-11-13-4-1-3-12(9-13)5-2-8-17/h1,3-4,6-7,9-10H,8,11,17H2. The van der Waals surface area contributed by atoms with Gasteiger partial charge in [0.15, 0.2) is 0 Å². The zero-order valence-corrected chi connectivity index (χ0v) is 11.8. The Bertz CT molecular complexity index is 600. The largest absolute Gasteiger partial charge is 0.320 e.